The zero-order chi connectivity index (χ0) is 16.9. The second-order valence-corrected chi connectivity index (χ2v) is 8.42. The number of hydrogen-bond acceptors (Lipinski definition) is 4. The number of benzene rings is 1. The van der Waals surface area contributed by atoms with Gasteiger partial charge < -0.3 is 5.32 Å². The summed E-state index contributed by atoms with van der Waals surface area (Å²) in [6.45, 7) is 1.41. The summed E-state index contributed by atoms with van der Waals surface area (Å²) in [4.78, 5) is 12.4. The van der Waals surface area contributed by atoms with Gasteiger partial charge in [-0.05, 0) is 37.3 Å². The minimum Gasteiger partial charge on any atom is -0.325 e. The van der Waals surface area contributed by atoms with Crippen LogP contribution >= 0.6 is 11.8 Å². The molecule has 1 aromatic carbocycles. The second kappa shape index (κ2) is 8.17. The van der Waals surface area contributed by atoms with Gasteiger partial charge in [0.25, 0.3) is 0 Å². The van der Waals surface area contributed by atoms with Crippen molar-refractivity contribution < 1.29 is 13.2 Å². The van der Waals surface area contributed by atoms with Crippen LogP contribution in [0.5, 0.6) is 0 Å². The summed E-state index contributed by atoms with van der Waals surface area (Å²) in [5.41, 5.74) is 0.536. The molecule has 0 atom stereocenters. The molecule has 1 aliphatic rings. The number of carbonyl (C=O) groups excluding carboxylic acids is 1. The third-order valence-corrected chi connectivity index (χ3v) is 6.28. The van der Waals surface area contributed by atoms with Crippen molar-refractivity contribution in [2.24, 2.45) is 0 Å². The average molecular weight is 357 g/mol. The Morgan fingerprint density at radius 1 is 1.17 bits per heavy atom. The van der Waals surface area contributed by atoms with Crippen molar-refractivity contribution >= 4 is 33.4 Å². The van der Waals surface area contributed by atoms with Crippen LogP contribution in [0.2, 0.25) is 0 Å². The fraction of sp³-hybridized carbons (Fsp3) is 0.562. The molecular formula is C16H24N2O3S2. The zero-order valence-electron chi connectivity index (χ0n) is 13.6. The lowest BCUT2D eigenvalue weighted by molar-refractivity contribution is -0.114. The monoisotopic (exact) mass is 356 g/mol. The summed E-state index contributed by atoms with van der Waals surface area (Å²) in [5.74, 6) is -0.216. The Morgan fingerprint density at radius 2 is 1.83 bits per heavy atom. The number of hydrogen-bond donors (Lipinski definition) is 2. The summed E-state index contributed by atoms with van der Waals surface area (Å²) >= 11 is 1.47. The molecule has 5 nitrogen and oxygen atoms in total. The highest BCUT2D eigenvalue weighted by molar-refractivity contribution is 7.98. The van der Waals surface area contributed by atoms with Gasteiger partial charge >= 0.3 is 0 Å². The molecule has 1 aliphatic carbocycles. The van der Waals surface area contributed by atoms with Crippen molar-refractivity contribution in [2.75, 3.05) is 11.6 Å². The molecule has 128 valence electrons. The number of thioether (sulfide) groups is 1. The zero-order valence-corrected chi connectivity index (χ0v) is 15.2. The van der Waals surface area contributed by atoms with E-state index in [9.17, 15) is 13.2 Å². The first-order valence-corrected chi connectivity index (χ1v) is 10.6. The maximum Gasteiger partial charge on any atom is 0.240 e. The highest BCUT2D eigenvalue weighted by Gasteiger charge is 2.22. The van der Waals surface area contributed by atoms with E-state index in [-0.39, 0.29) is 16.8 Å². The van der Waals surface area contributed by atoms with Gasteiger partial charge in [-0.15, -0.1) is 11.8 Å². The summed E-state index contributed by atoms with van der Waals surface area (Å²) < 4.78 is 28.1. The number of amides is 1. The fourth-order valence-electron chi connectivity index (χ4n) is 2.83. The predicted octanol–water partition coefficient (Wildman–Crippen LogP) is 3.37. The highest BCUT2D eigenvalue weighted by Crippen LogP contribution is 2.28. The van der Waals surface area contributed by atoms with Crippen LogP contribution < -0.4 is 10.0 Å². The van der Waals surface area contributed by atoms with Crippen molar-refractivity contribution in [1.82, 2.24) is 4.72 Å². The van der Waals surface area contributed by atoms with Gasteiger partial charge in [-0.2, -0.15) is 0 Å². The van der Waals surface area contributed by atoms with Crippen molar-refractivity contribution in [3.05, 3.63) is 18.2 Å². The first kappa shape index (κ1) is 18.3. The first-order valence-electron chi connectivity index (χ1n) is 7.90. The van der Waals surface area contributed by atoms with E-state index in [2.05, 4.69) is 10.0 Å². The van der Waals surface area contributed by atoms with E-state index in [0.29, 0.717) is 5.69 Å². The van der Waals surface area contributed by atoms with Crippen LogP contribution in [-0.2, 0) is 14.8 Å². The number of sulfonamides is 1. The molecule has 0 saturated heterocycles. The van der Waals surface area contributed by atoms with Crippen molar-refractivity contribution in [1.29, 1.82) is 0 Å². The topological polar surface area (TPSA) is 75.3 Å². The molecule has 0 bridgehead atoms. The number of anilines is 1. The third kappa shape index (κ3) is 5.22. The fourth-order valence-corrected chi connectivity index (χ4v) is 4.69. The van der Waals surface area contributed by atoms with Gasteiger partial charge in [0.2, 0.25) is 15.9 Å². The minimum absolute atomic E-state index is 0.00643. The normalized spacial score (nSPS) is 16.8. The molecule has 2 N–H and O–H groups in total. The van der Waals surface area contributed by atoms with E-state index in [0.717, 1.165) is 30.6 Å². The van der Waals surface area contributed by atoms with E-state index in [1.807, 2.05) is 6.26 Å². The Kier molecular flexibility index (Phi) is 6.50. The summed E-state index contributed by atoms with van der Waals surface area (Å²) in [6.07, 6.45) is 8.14. The van der Waals surface area contributed by atoms with Gasteiger partial charge in [-0.25, -0.2) is 13.1 Å². The van der Waals surface area contributed by atoms with Gasteiger partial charge in [0.1, 0.15) is 0 Å². The Hall–Kier alpha value is -1.05. The van der Waals surface area contributed by atoms with E-state index in [1.165, 1.54) is 37.6 Å². The second-order valence-electron chi connectivity index (χ2n) is 5.85. The molecule has 23 heavy (non-hydrogen) atoms. The number of carbonyl (C=O) groups is 1. The molecule has 1 saturated carbocycles. The van der Waals surface area contributed by atoms with Crippen LogP contribution in [0.4, 0.5) is 5.69 Å². The molecular weight excluding hydrogens is 332 g/mol. The predicted molar refractivity (Wildman–Crippen MR) is 94.3 cm³/mol. The van der Waals surface area contributed by atoms with Crippen LogP contribution in [-0.4, -0.2) is 26.6 Å². The van der Waals surface area contributed by atoms with Crippen molar-refractivity contribution in [3.63, 3.8) is 0 Å². The van der Waals surface area contributed by atoms with E-state index >= 15 is 0 Å². The largest absolute Gasteiger partial charge is 0.325 e. The smallest absolute Gasteiger partial charge is 0.240 e. The standard InChI is InChI=1S/C16H24N2O3S2/c1-12(19)17-15-11-14(9-10-16(15)22-2)23(20,21)18-13-7-5-3-4-6-8-13/h9-11,13,18H,3-8H2,1-2H3,(H,17,19). The van der Waals surface area contributed by atoms with E-state index < -0.39 is 10.0 Å². The molecule has 0 heterocycles. The van der Waals surface area contributed by atoms with Crippen molar-refractivity contribution in [2.45, 2.75) is 61.3 Å². The van der Waals surface area contributed by atoms with Crippen molar-refractivity contribution in [3.8, 4) is 0 Å². The summed E-state index contributed by atoms with van der Waals surface area (Å²) in [5, 5.41) is 2.70. The molecule has 7 heteroatoms. The van der Waals surface area contributed by atoms with Gasteiger partial charge in [-0.1, -0.05) is 25.7 Å². The maximum atomic E-state index is 12.6. The molecule has 0 radical (unpaired) electrons. The molecule has 0 spiro atoms. The summed E-state index contributed by atoms with van der Waals surface area (Å²) in [6, 6.07) is 4.87. The lowest BCUT2D eigenvalue weighted by Crippen LogP contribution is -2.34. The highest BCUT2D eigenvalue weighted by atomic mass is 32.2. The molecule has 1 fully saturated rings. The van der Waals surface area contributed by atoms with Gasteiger partial charge in [0.05, 0.1) is 10.6 Å². The quantitative estimate of drug-likeness (QED) is 0.626. The van der Waals surface area contributed by atoms with E-state index in [1.54, 1.807) is 12.1 Å². The van der Waals surface area contributed by atoms with Crippen LogP contribution in [0, 0.1) is 0 Å². The molecule has 0 unspecified atom stereocenters. The number of rotatable bonds is 5. The van der Waals surface area contributed by atoms with Crippen LogP contribution in [0.1, 0.15) is 45.4 Å². The molecule has 2 rings (SSSR count). The Balaban J connectivity index is 2.22. The number of nitrogens with one attached hydrogen (secondary N) is 2. The Morgan fingerprint density at radius 3 is 2.39 bits per heavy atom. The van der Waals surface area contributed by atoms with E-state index in [4.69, 9.17) is 0 Å². The van der Waals surface area contributed by atoms with Crippen LogP contribution in [0.25, 0.3) is 0 Å². The van der Waals surface area contributed by atoms with Gasteiger partial charge in [-0.3, -0.25) is 4.79 Å². The average Bonchev–Trinajstić information content (AvgIpc) is 2.74. The molecule has 0 aliphatic heterocycles. The first-order chi connectivity index (χ1) is 10.9. The lowest BCUT2D eigenvalue weighted by atomic mass is 10.1. The molecule has 1 aromatic rings. The molecule has 1 amide bonds. The maximum absolute atomic E-state index is 12.6. The SMILES string of the molecule is CSc1ccc(S(=O)(=O)NC2CCCCCC2)cc1NC(C)=O. The molecule has 0 aromatic heterocycles. The third-order valence-electron chi connectivity index (χ3n) is 3.97. The minimum atomic E-state index is -3.57. The van der Waals surface area contributed by atoms with Gasteiger partial charge in [0.15, 0.2) is 0 Å². The Bertz CT molecular complexity index is 651. The Labute approximate surface area is 142 Å². The van der Waals surface area contributed by atoms with Crippen LogP contribution in [0.15, 0.2) is 28.0 Å². The van der Waals surface area contributed by atoms with Gasteiger partial charge in [0, 0.05) is 17.9 Å². The lowest BCUT2D eigenvalue weighted by Gasteiger charge is -2.17. The summed E-state index contributed by atoms with van der Waals surface area (Å²) in [7, 11) is -3.57. The van der Waals surface area contributed by atoms with Crippen LogP contribution in [0.3, 0.4) is 0 Å².